The fraction of sp³-hybridized carbons (Fsp3) is 0.350. The summed E-state index contributed by atoms with van der Waals surface area (Å²) in [5.74, 6) is 0.525. The molecule has 1 unspecified atom stereocenters. The number of hydrogen-bond donors (Lipinski definition) is 0. The molecular weight excluding hydrogens is 312 g/mol. The molecule has 1 aliphatic rings. The number of carbonyl (C=O) groups is 1. The van der Waals surface area contributed by atoms with E-state index >= 15 is 0 Å². The Balaban J connectivity index is 1.50. The van der Waals surface area contributed by atoms with Crippen molar-refractivity contribution < 1.29 is 4.79 Å². The highest BCUT2D eigenvalue weighted by Gasteiger charge is 2.26. The summed E-state index contributed by atoms with van der Waals surface area (Å²) in [6, 6.07) is 12.2. The third kappa shape index (κ3) is 3.27. The van der Waals surface area contributed by atoms with Crippen LogP contribution < -0.4 is 0 Å². The van der Waals surface area contributed by atoms with Crippen LogP contribution in [0.3, 0.4) is 0 Å². The van der Waals surface area contributed by atoms with Crippen LogP contribution in [0.4, 0.5) is 0 Å². The standard InChI is InChI=1S/C20H22N4O/c1-23-12-9-19(22-23)20(25)24-11-4-5-15(14-24)13-16-6-2-8-18-17(16)7-3-10-21-18/h2-3,6-10,12,15H,4-5,11,13-14H2,1H3. The van der Waals surface area contributed by atoms with Crippen molar-refractivity contribution in [2.24, 2.45) is 13.0 Å². The summed E-state index contributed by atoms with van der Waals surface area (Å²) in [6.45, 7) is 1.62. The smallest absolute Gasteiger partial charge is 0.274 e. The zero-order valence-electron chi connectivity index (χ0n) is 14.4. The summed E-state index contributed by atoms with van der Waals surface area (Å²) in [6.07, 6.45) is 6.84. The molecule has 0 radical (unpaired) electrons. The number of amides is 1. The number of aromatic nitrogens is 3. The van der Waals surface area contributed by atoms with Gasteiger partial charge < -0.3 is 4.90 Å². The zero-order valence-corrected chi connectivity index (χ0v) is 14.4. The lowest BCUT2D eigenvalue weighted by molar-refractivity contribution is 0.0667. The molecule has 5 heteroatoms. The van der Waals surface area contributed by atoms with Gasteiger partial charge in [0.15, 0.2) is 0 Å². The molecule has 3 aromatic rings. The van der Waals surface area contributed by atoms with Crippen molar-refractivity contribution >= 4 is 16.8 Å². The first-order valence-electron chi connectivity index (χ1n) is 8.82. The Hall–Kier alpha value is -2.69. The minimum Gasteiger partial charge on any atom is -0.337 e. The second-order valence-electron chi connectivity index (χ2n) is 6.83. The first kappa shape index (κ1) is 15.8. The number of nitrogens with zero attached hydrogens (tertiary/aromatic N) is 4. The van der Waals surface area contributed by atoms with Gasteiger partial charge in [-0.2, -0.15) is 5.10 Å². The fourth-order valence-electron chi connectivity index (χ4n) is 3.76. The lowest BCUT2D eigenvalue weighted by Gasteiger charge is -2.32. The minimum absolute atomic E-state index is 0.0462. The second kappa shape index (κ2) is 6.67. The first-order valence-corrected chi connectivity index (χ1v) is 8.82. The van der Waals surface area contributed by atoms with Crippen LogP contribution in [0.1, 0.15) is 28.9 Å². The molecule has 128 valence electrons. The van der Waals surface area contributed by atoms with E-state index in [4.69, 9.17) is 0 Å². The molecule has 0 N–H and O–H groups in total. The fourth-order valence-corrected chi connectivity index (χ4v) is 3.76. The van der Waals surface area contributed by atoms with E-state index in [0.29, 0.717) is 11.6 Å². The summed E-state index contributed by atoms with van der Waals surface area (Å²) in [7, 11) is 1.84. The first-order chi connectivity index (χ1) is 12.2. The molecule has 1 saturated heterocycles. The van der Waals surface area contributed by atoms with Crippen molar-refractivity contribution in [3.63, 3.8) is 0 Å². The number of piperidine rings is 1. The third-order valence-electron chi connectivity index (χ3n) is 4.98. The highest BCUT2D eigenvalue weighted by Crippen LogP contribution is 2.25. The predicted molar refractivity (Wildman–Crippen MR) is 97.3 cm³/mol. The van der Waals surface area contributed by atoms with E-state index < -0.39 is 0 Å². The number of pyridine rings is 1. The monoisotopic (exact) mass is 334 g/mol. The van der Waals surface area contributed by atoms with Gasteiger partial charge >= 0.3 is 0 Å². The molecule has 0 aliphatic carbocycles. The van der Waals surface area contributed by atoms with Gasteiger partial charge in [-0.25, -0.2) is 0 Å². The van der Waals surface area contributed by atoms with E-state index in [1.807, 2.05) is 30.4 Å². The molecule has 25 heavy (non-hydrogen) atoms. The summed E-state index contributed by atoms with van der Waals surface area (Å²) in [5, 5.41) is 5.47. The lowest BCUT2D eigenvalue weighted by atomic mass is 9.89. The number of benzene rings is 1. The topological polar surface area (TPSA) is 51.0 Å². The lowest BCUT2D eigenvalue weighted by Crippen LogP contribution is -2.40. The summed E-state index contributed by atoms with van der Waals surface area (Å²) < 4.78 is 1.68. The van der Waals surface area contributed by atoms with Crippen LogP contribution >= 0.6 is 0 Å². The molecule has 3 heterocycles. The Morgan fingerprint density at radius 2 is 2.16 bits per heavy atom. The molecule has 1 amide bonds. The molecule has 0 saturated carbocycles. The summed E-state index contributed by atoms with van der Waals surface area (Å²) >= 11 is 0. The number of carbonyl (C=O) groups excluding carboxylic acids is 1. The number of likely N-dealkylation sites (tertiary alicyclic amines) is 1. The number of rotatable bonds is 3. The van der Waals surface area contributed by atoms with Gasteiger partial charge in [-0.1, -0.05) is 18.2 Å². The Bertz CT molecular complexity index is 896. The van der Waals surface area contributed by atoms with Gasteiger partial charge in [0, 0.05) is 37.9 Å². The number of fused-ring (bicyclic) bond motifs is 1. The minimum atomic E-state index is 0.0462. The maximum atomic E-state index is 12.7. The third-order valence-corrected chi connectivity index (χ3v) is 4.98. The molecule has 1 aromatic carbocycles. The summed E-state index contributed by atoms with van der Waals surface area (Å²) in [4.78, 5) is 19.1. The quantitative estimate of drug-likeness (QED) is 0.740. The molecule has 2 aromatic heterocycles. The van der Waals surface area contributed by atoms with Crippen molar-refractivity contribution in [3.8, 4) is 0 Å². The number of aryl methyl sites for hydroxylation is 1. The van der Waals surface area contributed by atoms with Gasteiger partial charge in [-0.05, 0) is 48.9 Å². The molecule has 1 aliphatic heterocycles. The average molecular weight is 334 g/mol. The molecule has 0 bridgehead atoms. The van der Waals surface area contributed by atoms with Gasteiger partial charge in [0.25, 0.3) is 5.91 Å². The van der Waals surface area contributed by atoms with E-state index in [0.717, 1.165) is 37.9 Å². The van der Waals surface area contributed by atoms with Crippen LogP contribution in [-0.4, -0.2) is 38.7 Å². The molecular formula is C20H22N4O. The molecule has 4 rings (SSSR count). The van der Waals surface area contributed by atoms with Crippen LogP contribution in [0.25, 0.3) is 10.9 Å². The molecule has 0 spiro atoms. The molecule has 1 fully saturated rings. The van der Waals surface area contributed by atoms with Crippen molar-refractivity contribution in [2.75, 3.05) is 13.1 Å². The predicted octanol–water partition coefficient (Wildman–Crippen LogP) is 3.06. The van der Waals surface area contributed by atoms with Crippen LogP contribution in [-0.2, 0) is 13.5 Å². The summed E-state index contributed by atoms with van der Waals surface area (Å²) in [5.41, 5.74) is 2.90. The van der Waals surface area contributed by atoms with Crippen LogP contribution in [0.2, 0.25) is 0 Å². The SMILES string of the molecule is Cn1ccc(C(=O)N2CCCC(Cc3cccc4ncccc34)C2)n1. The van der Waals surface area contributed by atoms with Crippen LogP contribution in [0.5, 0.6) is 0 Å². The number of hydrogen-bond acceptors (Lipinski definition) is 3. The maximum absolute atomic E-state index is 12.7. The van der Waals surface area contributed by atoms with Crippen molar-refractivity contribution in [3.05, 3.63) is 60.0 Å². The molecule has 1 atom stereocenters. The van der Waals surface area contributed by atoms with Crippen LogP contribution in [0.15, 0.2) is 48.8 Å². The van der Waals surface area contributed by atoms with Crippen molar-refractivity contribution in [2.45, 2.75) is 19.3 Å². The van der Waals surface area contributed by atoms with E-state index in [1.165, 1.54) is 10.9 Å². The van der Waals surface area contributed by atoms with Gasteiger partial charge in [-0.3, -0.25) is 14.5 Å². The van der Waals surface area contributed by atoms with E-state index in [9.17, 15) is 4.79 Å². The Labute approximate surface area is 147 Å². The largest absolute Gasteiger partial charge is 0.337 e. The van der Waals surface area contributed by atoms with Gasteiger partial charge in [0.05, 0.1) is 5.52 Å². The molecule has 5 nitrogen and oxygen atoms in total. The highest BCUT2D eigenvalue weighted by molar-refractivity contribution is 5.92. The second-order valence-corrected chi connectivity index (χ2v) is 6.83. The highest BCUT2D eigenvalue weighted by atomic mass is 16.2. The van der Waals surface area contributed by atoms with Gasteiger partial charge in [-0.15, -0.1) is 0 Å². The van der Waals surface area contributed by atoms with E-state index in [2.05, 4.69) is 34.3 Å². The van der Waals surface area contributed by atoms with Gasteiger partial charge in [0.2, 0.25) is 0 Å². The van der Waals surface area contributed by atoms with E-state index in [1.54, 1.807) is 10.7 Å². The normalized spacial score (nSPS) is 17.8. The van der Waals surface area contributed by atoms with E-state index in [-0.39, 0.29) is 5.91 Å². The zero-order chi connectivity index (χ0) is 17.2. The van der Waals surface area contributed by atoms with Crippen molar-refractivity contribution in [1.29, 1.82) is 0 Å². The van der Waals surface area contributed by atoms with Gasteiger partial charge in [0.1, 0.15) is 5.69 Å². The van der Waals surface area contributed by atoms with Crippen molar-refractivity contribution in [1.82, 2.24) is 19.7 Å². The Kier molecular flexibility index (Phi) is 4.22. The average Bonchev–Trinajstić information content (AvgIpc) is 3.08. The maximum Gasteiger partial charge on any atom is 0.274 e. The Morgan fingerprint density at radius 1 is 1.24 bits per heavy atom. The van der Waals surface area contributed by atoms with Crippen LogP contribution in [0, 0.1) is 5.92 Å². The Morgan fingerprint density at radius 3 is 3.00 bits per heavy atom.